The molecule has 0 N–H and O–H groups in total. The molecule has 6 nitrogen and oxygen atoms in total. The molecule has 1 aromatic carbocycles. The van der Waals surface area contributed by atoms with Gasteiger partial charge in [0.25, 0.3) is 0 Å². The normalized spacial score (nSPS) is 24.3. The highest BCUT2D eigenvalue weighted by atomic mass is 16.5. The number of ether oxygens (including phenoxy) is 2. The maximum Gasteiger partial charge on any atom is 0.315 e. The number of carbonyl (C=O) groups is 3. The minimum Gasteiger partial charge on any atom is -0.462 e. The zero-order valence-corrected chi connectivity index (χ0v) is 18.2. The van der Waals surface area contributed by atoms with E-state index in [1.54, 1.807) is 12.1 Å². The second kappa shape index (κ2) is 9.16. The van der Waals surface area contributed by atoms with Crippen LogP contribution in [0.1, 0.15) is 76.7 Å². The molecule has 1 saturated carbocycles. The van der Waals surface area contributed by atoms with Gasteiger partial charge in [0, 0.05) is 36.2 Å². The summed E-state index contributed by atoms with van der Waals surface area (Å²) in [6.45, 7) is 3.21. The summed E-state index contributed by atoms with van der Waals surface area (Å²) in [6, 6.07) is 7.06. The van der Waals surface area contributed by atoms with Crippen LogP contribution in [0.15, 0.2) is 40.5 Å². The number of carbonyl (C=O) groups excluding carboxylic acids is 3. The van der Waals surface area contributed by atoms with Crippen LogP contribution in [-0.4, -0.2) is 29.5 Å². The lowest BCUT2D eigenvalue weighted by Crippen LogP contribution is -2.38. The lowest BCUT2D eigenvalue weighted by molar-refractivity contribution is -0.153. The number of hydrogen-bond acceptors (Lipinski definition) is 6. The van der Waals surface area contributed by atoms with Gasteiger partial charge in [0.1, 0.15) is 17.8 Å². The summed E-state index contributed by atoms with van der Waals surface area (Å²) in [5, 5.41) is 0. The molecular weight excluding hydrogens is 394 g/mol. The van der Waals surface area contributed by atoms with Crippen molar-refractivity contribution in [2.24, 2.45) is 10.9 Å². The average molecular weight is 424 g/mol. The summed E-state index contributed by atoms with van der Waals surface area (Å²) in [5.74, 6) is -1.25. The average Bonchev–Trinajstić information content (AvgIpc) is 2.74. The molecule has 6 heteroatoms. The van der Waals surface area contributed by atoms with Crippen LogP contribution in [0.25, 0.3) is 0 Å². The van der Waals surface area contributed by atoms with Gasteiger partial charge in [0.2, 0.25) is 0 Å². The Labute approximate surface area is 182 Å². The first-order valence-corrected chi connectivity index (χ1v) is 11.2. The van der Waals surface area contributed by atoms with Gasteiger partial charge in [-0.25, -0.2) is 0 Å². The van der Waals surface area contributed by atoms with E-state index in [0.29, 0.717) is 23.5 Å². The highest BCUT2D eigenvalue weighted by molar-refractivity contribution is 6.08. The second-order valence-electron chi connectivity index (χ2n) is 8.71. The Balaban J connectivity index is 1.69. The van der Waals surface area contributed by atoms with E-state index in [1.165, 1.54) is 13.3 Å². The standard InChI is InChI=1S/C25H29NO5/c1-15-22(25(29)31-18-7-4-3-5-8-18)23(24-20(26-15)9-6-10-21(24)28)17-11-13-19(14-12-17)30-16(2)27/h11-14,18,22-23H,3-10H2,1-2H3/t22?,23-/m0/s1. The fourth-order valence-electron chi connectivity index (χ4n) is 5.00. The molecule has 2 atom stereocenters. The van der Waals surface area contributed by atoms with Gasteiger partial charge < -0.3 is 9.47 Å². The molecule has 1 aromatic rings. The SMILES string of the molecule is CC(=O)Oc1ccc([C@@H]2C3=C(CCCC3=O)N=C(C)C2C(=O)OC2CCCCC2)cc1. The van der Waals surface area contributed by atoms with Gasteiger partial charge >= 0.3 is 11.9 Å². The fourth-order valence-corrected chi connectivity index (χ4v) is 5.00. The minimum absolute atomic E-state index is 0.0570. The molecule has 0 saturated heterocycles. The maximum atomic E-state index is 13.3. The first-order chi connectivity index (χ1) is 14.9. The van der Waals surface area contributed by atoms with Crippen molar-refractivity contribution < 1.29 is 23.9 Å². The Kier molecular flexibility index (Phi) is 6.35. The van der Waals surface area contributed by atoms with Gasteiger partial charge in [-0.15, -0.1) is 0 Å². The molecule has 0 aromatic heterocycles. The number of allylic oxidation sites excluding steroid dienone is 2. The topological polar surface area (TPSA) is 82.0 Å². The third kappa shape index (κ3) is 4.63. The monoisotopic (exact) mass is 423 g/mol. The first-order valence-electron chi connectivity index (χ1n) is 11.2. The van der Waals surface area contributed by atoms with Crippen LogP contribution in [0.2, 0.25) is 0 Å². The summed E-state index contributed by atoms with van der Waals surface area (Å²) in [7, 11) is 0. The first kappa shape index (κ1) is 21.5. The van der Waals surface area contributed by atoms with Crippen molar-refractivity contribution in [3.8, 4) is 5.75 Å². The van der Waals surface area contributed by atoms with Gasteiger partial charge in [0.05, 0.1) is 0 Å². The molecular formula is C25H29NO5. The number of aliphatic imine (C=N–C) groups is 1. The van der Waals surface area contributed by atoms with E-state index in [2.05, 4.69) is 4.99 Å². The number of esters is 2. The van der Waals surface area contributed by atoms with Crippen LogP contribution in [0.4, 0.5) is 0 Å². The van der Waals surface area contributed by atoms with E-state index in [4.69, 9.17) is 9.47 Å². The summed E-state index contributed by atoms with van der Waals surface area (Å²) in [4.78, 5) is 42.2. The lowest BCUT2D eigenvalue weighted by atomic mass is 9.71. The molecule has 2 aliphatic carbocycles. The Hall–Kier alpha value is -2.76. The van der Waals surface area contributed by atoms with Crippen LogP contribution < -0.4 is 4.74 Å². The van der Waals surface area contributed by atoms with Crippen molar-refractivity contribution in [3.63, 3.8) is 0 Å². The maximum absolute atomic E-state index is 13.3. The number of hydrogen-bond donors (Lipinski definition) is 0. The molecule has 0 amide bonds. The Morgan fingerprint density at radius 2 is 1.71 bits per heavy atom. The van der Waals surface area contributed by atoms with Crippen LogP contribution in [0.3, 0.4) is 0 Å². The van der Waals surface area contributed by atoms with E-state index in [0.717, 1.165) is 49.8 Å². The third-order valence-electron chi connectivity index (χ3n) is 6.42. The van der Waals surface area contributed by atoms with E-state index in [9.17, 15) is 14.4 Å². The fraction of sp³-hybridized carbons (Fsp3) is 0.520. The smallest absolute Gasteiger partial charge is 0.315 e. The van der Waals surface area contributed by atoms with E-state index in [1.807, 2.05) is 19.1 Å². The molecule has 31 heavy (non-hydrogen) atoms. The highest BCUT2D eigenvalue weighted by Gasteiger charge is 2.43. The number of benzene rings is 1. The van der Waals surface area contributed by atoms with Crippen molar-refractivity contribution in [1.82, 2.24) is 0 Å². The van der Waals surface area contributed by atoms with E-state index < -0.39 is 17.8 Å². The summed E-state index contributed by atoms with van der Waals surface area (Å²) < 4.78 is 11.1. The summed E-state index contributed by atoms with van der Waals surface area (Å²) >= 11 is 0. The van der Waals surface area contributed by atoms with Crippen molar-refractivity contribution >= 4 is 23.4 Å². The molecule has 0 bridgehead atoms. The van der Waals surface area contributed by atoms with Crippen LogP contribution in [0, 0.1) is 5.92 Å². The zero-order valence-electron chi connectivity index (χ0n) is 18.2. The third-order valence-corrected chi connectivity index (χ3v) is 6.42. The molecule has 0 radical (unpaired) electrons. The van der Waals surface area contributed by atoms with Crippen molar-refractivity contribution in [2.45, 2.75) is 77.2 Å². The molecule has 1 fully saturated rings. The van der Waals surface area contributed by atoms with Crippen molar-refractivity contribution in [2.75, 3.05) is 0 Å². The molecule has 164 valence electrons. The van der Waals surface area contributed by atoms with Crippen molar-refractivity contribution in [3.05, 3.63) is 41.1 Å². The van der Waals surface area contributed by atoms with Gasteiger partial charge in [-0.05, 0) is 63.1 Å². The molecule has 0 spiro atoms. The molecule has 3 aliphatic rings. The van der Waals surface area contributed by atoms with Gasteiger partial charge in [-0.2, -0.15) is 0 Å². The minimum atomic E-state index is -0.623. The molecule has 4 rings (SSSR count). The van der Waals surface area contributed by atoms with Gasteiger partial charge in [-0.3, -0.25) is 19.4 Å². The van der Waals surface area contributed by atoms with Crippen LogP contribution >= 0.6 is 0 Å². The number of Topliss-reactive ketones (excluding diaryl/α,β-unsaturated/α-hetero) is 1. The van der Waals surface area contributed by atoms with Crippen LogP contribution in [-0.2, 0) is 19.1 Å². The van der Waals surface area contributed by atoms with Gasteiger partial charge in [-0.1, -0.05) is 18.6 Å². The number of rotatable bonds is 4. The lowest BCUT2D eigenvalue weighted by Gasteiger charge is -2.35. The predicted octanol–water partition coefficient (Wildman–Crippen LogP) is 4.67. The zero-order chi connectivity index (χ0) is 22.0. The quantitative estimate of drug-likeness (QED) is 0.519. The summed E-state index contributed by atoms with van der Waals surface area (Å²) in [6.07, 6.45) is 7.05. The molecule has 1 heterocycles. The molecule has 1 aliphatic heterocycles. The van der Waals surface area contributed by atoms with Gasteiger partial charge in [0.15, 0.2) is 5.78 Å². The number of nitrogens with zero attached hydrogens (tertiary/aromatic N) is 1. The highest BCUT2D eigenvalue weighted by Crippen LogP contribution is 2.44. The molecule has 1 unspecified atom stereocenters. The second-order valence-corrected chi connectivity index (χ2v) is 8.71. The Bertz CT molecular complexity index is 937. The predicted molar refractivity (Wildman–Crippen MR) is 116 cm³/mol. The largest absolute Gasteiger partial charge is 0.462 e. The Morgan fingerprint density at radius 1 is 1.00 bits per heavy atom. The Morgan fingerprint density at radius 3 is 2.39 bits per heavy atom. The van der Waals surface area contributed by atoms with E-state index >= 15 is 0 Å². The number of ketones is 1. The van der Waals surface area contributed by atoms with E-state index in [-0.39, 0.29) is 17.9 Å². The van der Waals surface area contributed by atoms with Crippen molar-refractivity contribution in [1.29, 1.82) is 0 Å². The van der Waals surface area contributed by atoms with Crippen LogP contribution in [0.5, 0.6) is 5.75 Å². The summed E-state index contributed by atoms with van der Waals surface area (Å²) in [5.41, 5.74) is 2.97.